The van der Waals surface area contributed by atoms with E-state index < -0.39 is 4.92 Å². The van der Waals surface area contributed by atoms with Gasteiger partial charge in [0.25, 0.3) is 11.6 Å². The number of amides is 1. The molecule has 0 aliphatic carbocycles. The van der Waals surface area contributed by atoms with Crippen molar-refractivity contribution in [3.8, 4) is 11.1 Å². The van der Waals surface area contributed by atoms with Crippen LogP contribution in [0.2, 0.25) is 0 Å². The van der Waals surface area contributed by atoms with Crippen LogP contribution >= 0.6 is 0 Å². The Morgan fingerprint density at radius 3 is 2.62 bits per heavy atom. The lowest BCUT2D eigenvalue weighted by Gasteiger charge is -2.08. The summed E-state index contributed by atoms with van der Waals surface area (Å²) in [6.45, 7) is 0.317. The molecule has 0 saturated heterocycles. The number of nitrogens with two attached hydrogens (primary N) is 1. The lowest BCUT2D eigenvalue weighted by molar-refractivity contribution is -0.383. The minimum Gasteiger partial charge on any atom is -0.393 e. The maximum atomic E-state index is 12.4. The summed E-state index contributed by atoms with van der Waals surface area (Å²) < 4.78 is 0. The number of anilines is 1. The second-order valence-electron chi connectivity index (χ2n) is 5.62. The van der Waals surface area contributed by atoms with Crippen molar-refractivity contribution in [3.63, 3.8) is 0 Å². The second kappa shape index (κ2) is 7.43. The van der Waals surface area contributed by atoms with Crippen LogP contribution in [0, 0.1) is 10.1 Å². The van der Waals surface area contributed by atoms with Crippen LogP contribution in [0.1, 0.15) is 16.1 Å². The Morgan fingerprint density at radius 2 is 1.88 bits per heavy atom. The number of nitrogen functional groups attached to an aromatic ring is 1. The van der Waals surface area contributed by atoms with Crippen LogP contribution in [0.5, 0.6) is 0 Å². The zero-order valence-electron chi connectivity index (χ0n) is 13.8. The maximum absolute atomic E-state index is 12.4. The smallest absolute Gasteiger partial charge is 0.292 e. The van der Waals surface area contributed by atoms with Crippen molar-refractivity contribution in [1.82, 2.24) is 10.3 Å². The van der Waals surface area contributed by atoms with Crippen molar-refractivity contribution in [2.45, 2.75) is 6.54 Å². The Kier molecular flexibility index (Phi) is 4.89. The fraction of sp³-hybridized carbons (Fsp3) is 0.0526. The Bertz CT molecular complexity index is 958. The van der Waals surface area contributed by atoms with Gasteiger partial charge in [0.05, 0.1) is 17.2 Å². The van der Waals surface area contributed by atoms with Crippen LogP contribution in [0.3, 0.4) is 0 Å². The SMILES string of the molecule is Nc1ccc(-c2cccc(C(=O)NCc3ccccn3)c2)cc1[N+](=O)[O-]. The molecule has 1 heterocycles. The highest BCUT2D eigenvalue weighted by molar-refractivity contribution is 5.95. The predicted octanol–water partition coefficient (Wildman–Crippen LogP) is 3.17. The Labute approximate surface area is 149 Å². The summed E-state index contributed by atoms with van der Waals surface area (Å²) in [6, 6.07) is 16.9. The van der Waals surface area contributed by atoms with Gasteiger partial charge in [-0.2, -0.15) is 0 Å². The van der Waals surface area contributed by atoms with Crippen molar-refractivity contribution in [1.29, 1.82) is 0 Å². The fourth-order valence-corrected chi connectivity index (χ4v) is 2.50. The van der Waals surface area contributed by atoms with Gasteiger partial charge in [-0.05, 0) is 41.5 Å². The highest BCUT2D eigenvalue weighted by atomic mass is 16.6. The first kappa shape index (κ1) is 17.1. The monoisotopic (exact) mass is 348 g/mol. The van der Waals surface area contributed by atoms with E-state index in [0.29, 0.717) is 23.2 Å². The quantitative estimate of drug-likeness (QED) is 0.418. The van der Waals surface area contributed by atoms with Crippen molar-refractivity contribution in [3.05, 3.63) is 88.2 Å². The molecule has 130 valence electrons. The van der Waals surface area contributed by atoms with Crippen LogP contribution in [-0.4, -0.2) is 15.8 Å². The molecule has 0 atom stereocenters. The van der Waals surface area contributed by atoms with Gasteiger partial charge in [0.15, 0.2) is 0 Å². The number of hydrogen-bond donors (Lipinski definition) is 2. The molecule has 3 N–H and O–H groups in total. The standard InChI is InChI=1S/C19H16N4O3/c20-17-8-7-14(11-18(17)23(25)26)13-4-3-5-15(10-13)19(24)22-12-16-6-1-2-9-21-16/h1-11H,12,20H2,(H,22,24). The zero-order valence-corrected chi connectivity index (χ0v) is 13.8. The predicted molar refractivity (Wildman–Crippen MR) is 98.4 cm³/mol. The second-order valence-corrected chi connectivity index (χ2v) is 5.62. The number of nitrogens with one attached hydrogen (secondary N) is 1. The Morgan fingerprint density at radius 1 is 1.08 bits per heavy atom. The van der Waals surface area contributed by atoms with E-state index in [4.69, 9.17) is 5.73 Å². The van der Waals surface area contributed by atoms with E-state index in [1.165, 1.54) is 12.1 Å². The third kappa shape index (κ3) is 3.84. The van der Waals surface area contributed by atoms with Gasteiger partial charge >= 0.3 is 0 Å². The fourth-order valence-electron chi connectivity index (χ4n) is 2.50. The highest BCUT2D eigenvalue weighted by Crippen LogP contribution is 2.29. The number of nitro benzene ring substituents is 1. The number of pyridine rings is 1. The van der Waals surface area contributed by atoms with E-state index in [2.05, 4.69) is 10.3 Å². The number of nitrogens with zero attached hydrogens (tertiary/aromatic N) is 2. The normalized spacial score (nSPS) is 10.3. The molecule has 7 heteroatoms. The Hall–Kier alpha value is -3.74. The molecule has 0 fully saturated rings. The van der Waals surface area contributed by atoms with Gasteiger partial charge in [-0.1, -0.05) is 24.3 Å². The topological polar surface area (TPSA) is 111 Å². The summed E-state index contributed by atoms with van der Waals surface area (Å²) in [7, 11) is 0. The summed E-state index contributed by atoms with van der Waals surface area (Å²) in [5.41, 5.74) is 8.09. The third-order valence-corrected chi connectivity index (χ3v) is 3.84. The number of aromatic nitrogens is 1. The van der Waals surface area contributed by atoms with Gasteiger partial charge in [-0.3, -0.25) is 19.9 Å². The molecule has 0 radical (unpaired) electrons. The summed E-state index contributed by atoms with van der Waals surface area (Å²) in [6.07, 6.45) is 1.66. The number of rotatable bonds is 5. The molecular formula is C19H16N4O3. The van der Waals surface area contributed by atoms with Gasteiger partial charge in [0.1, 0.15) is 5.69 Å². The van der Waals surface area contributed by atoms with Crippen molar-refractivity contribution in [2.24, 2.45) is 0 Å². The summed E-state index contributed by atoms with van der Waals surface area (Å²) in [5, 5.41) is 13.9. The molecule has 0 unspecified atom stereocenters. The van der Waals surface area contributed by atoms with E-state index in [-0.39, 0.29) is 17.3 Å². The summed E-state index contributed by atoms with van der Waals surface area (Å²) in [5.74, 6) is -0.248. The number of benzene rings is 2. The number of carbonyl (C=O) groups is 1. The minimum atomic E-state index is -0.526. The Balaban J connectivity index is 1.81. The van der Waals surface area contributed by atoms with Crippen LogP contribution in [0.25, 0.3) is 11.1 Å². The average Bonchev–Trinajstić information content (AvgIpc) is 2.67. The largest absolute Gasteiger partial charge is 0.393 e. The van der Waals surface area contributed by atoms with E-state index in [0.717, 1.165) is 5.69 Å². The number of nitro groups is 1. The van der Waals surface area contributed by atoms with Gasteiger partial charge < -0.3 is 11.1 Å². The molecule has 26 heavy (non-hydrogen) atoms. The molecule has 3 aromatic rings. The average molecular weight is 348 g/mol. The molecule has 1 amide bonds. The minimum absolute atomic E-state index is 0.100. The lowest BCUT2D eigenvalue weighted by Crippen LogP contribution is -2.23. The van der Waals surface area contributed by atoms with E-state index in [9.17, 15) is 14.9 Å². The molecule has 0 saturated carbocycles. The van der Waals surface area contributed by atoms with Gasteiger partial charge in [-0.15, -0.1) is 0 Å². The van der Waals surface area contributed by atoms with Crippen molar-refractivity contribution in [2.75, 3.05) is 5.73 Å². The molecule has 2 aromatic carbocycles. The zero-order chi connectivity index (χ0) is 18.5. The molecule has 0 bridgehead atoms. The molecule has 7 nitrogen and oxygen atoms in total. The first-order chi connectivity index (χ1) is 12.5. The summed E-state index contributed by atoms with van der Waals surface area (Å²) >= 11 is 0. The third-order valence-electron chi connectivity index (χ3n) is 3.84. The molecule has 0 aliphatic heterocycles. The highest BCUT2D eigenvalue weighted by Gasteiger charge is 2.14. The van der Waals surface area contributed by atoms with E-state index >= 15 is 0 Å². The van der Waals surface area contributed by atoms with Crippen LogP contribution in [0.4, 0.5) is 11.4 Å². The molecule has 0 aliphatic rings. The van der Waals surface area contributed by atoms with Gasteiger partial charge in [-0.25, -0.2) is 0 Å². The van der Waals surface area contributed by atoms with E-state index in [1.807, 2.05) is 12.1 Å². The van der Waals surface area contributed by atoms with E-state index in [1.54, 1.807) is 42.6 Å². The van der Waals surface area contributed by atoms with Gasteiger partial charge in [0.2, 0.25) is 0 Å². The lowest BCUT2D eigenvalue weighted by atomic mass is 10.0. The van der Waals surface area contributed by atoms with Crippen molar-refractivity contribution >= 4 is 17.3 Å². The molecule has 0 spiro atoms. The molecular weight excluding hydrogens is 332 g/mol. The first-order valence-corrected chi connectivity index (χ1v) is 7.87. The molecule has 1 aromatic heterocycles. The van der Waals surface area contributed by atoms with Crippen molar-refractivity contribution < 1.29 is 9.72 Å². The van der Waals surface area contributed by atoms with Gasteiger partial charge in [0, 0.05) is 17.8 Å². The van der Waals surface area contributed by atoms with Crippen LogP contribution in [-0.2, 0) is 6.54 Å². The van der Waals surface area contributed by atoms with Crippen LogP contribution in [0.15, 0.2) is 66.9 Å². The first-order valence-electron chi connectivity index (χ1n) is 7.87. The number of hydrogen-bond acceptors (Lipinski definition) is 5. The maximum Gasteiger partial charge on any atom is 0.292 e. The van der Waals surface area contributed by atoms with Crippen LogP contribution < -0.4 is 11.1 Å². The number of carbonyl (C=O) groups excluding carboxylic acids is 1. The molecule has 3 rings (SSSR count). The summed E-state index contributed by atoms with van der Waals surface area (Å²) in [4.78, 5) is 27.0.